The predicted molar refractivity (Wildman–Crippen MR) is 55.8 cm³/mol. The highest BCUT2D eigenvalue weighted by Crippen LogP contribution is 2.28. The number of nitrogens with one attached hydrogen (secondary N) is 1. The van der Waals surface area contributed by atoms with Crippen molar-refractivity contribution in [3.8, 4) is 0 Å². The Morgan fingerprint density at radius 3 is 2.58 bits per heavy atom. The van der Waals surface area contributed by atoms with Crippen LogP contribution in [0.3, 0.4) is 0 Å². The van der Waals surface area contributed by atoms with E-state index in [1.165, 1.54) is 10.4 Å². The summed E-state index contributed by atoms with van der Waals surface area (Å²) in [5.74, 6) is 0. The zero-order chi connectivity index (χ0) is 9.19. The first-order valence-electron chi connectivity index (χ1n) is 4.37. The van der Waals surface area contributed by atoms with Gasteiger partial charge in [-0.15, -0.1) is 11.3 Å². The van der Waals surface area contributed by atoms with Gasteiger partial charge >= 0.3 is 0 Å². The van der Waals surface area contributed by atoms with Crippen molar-refractivity contribution in [1.82, 2.24) is 5.32 Å². The first kappa shape index (κ1) is 9.75. The van der Waals surface area contributed by atoms with Crippen LogP contribution in [0.1, 0.15) is 31.2 Å². The number of rotatable bonds is 3. The second-order valence-electron chi connectivity index (χ2n) is 3.59. The molecule has 1 nitrogen and oxygen atoms in total. The molecule has 0 atom stereocenters. The van der Waals surface area contributed by atoms with Gasteiger partial charge in [0.1, 0.15) is 0 Å². The topological polar surface area (TPSA) is 12.0 Å². The van der Waals surface area contributed by atoms with Gasteiger partial charge in [-0.05, 0) is 44.3 Å². The third kappa shape index (κ3) is 1.87. The van der Waals surface area contributed by atoms with E-state index in [2.05, 4.69) is 44.5 Å². The van der Waals surface area contributed by atoms with Gasteiger partial charge in [0.2, 0.25) is 0 Å². The maximum atomic E-state index is 3.48. The van der Waals surface area contributed by atoms with Gasteiger partial charge in [-0.25, -0.2) is 0 Å². The molecule has 0 aliphatic carbocycles. The molecular formula is C10H17NS. The summed E-state index contributed by atoms with van der Waals surface area (Å²) in [7, 11) is 0. The number of thiophene rings is 1. The van der Waals surface area contributed by atoms with Crippen LogP contribution in [0.5, 0.6) is 0 Å². The largest absolute Gasteiger partial charge is 0.307 e. The number of hydrogen-bond acceptors (Lipinski definition) is 2. The summed E-state index contributed by atoms with van der Waals surface area (Å²) in [5.41, 5.74) is 1.53. The lowest BCUT2D eigenvalue weighted by molar-refractivity contribution is 0.422. The van der Waals surface area contributed by atoms with Crippen molar-refractivity contribution in [3.05, 3.63) is 21.9 Å². The van der Waals surface area contributed by atoms with Crippen LogP contribution >= 0.6 is 11.3 Å². The monoisotopic (exact) mass is 183 g/mol. The van der Waals surface area contributed by atoms with Crippen molar-refractivity contribution >= 4 is 11.3 Å². The molecule has 1 aromatic heterocycles. The van der Waals surface area contributed by atoms with Crippen molar-refractivity contribution in [2.75, 3.05) is 6.54 Å². The Labute approximate surface area is 78.8 Å². The van der Waals surface area contributed by atoms with Crippen LogP contribution in [0.4, 0.5) is 0 Å². The Morgan fingerprint density at radius 1 is 1.50 bits per heavy atom. The molecule has 0 bridgehead atoms. The molecule has 0 radical (unpaired) electrons. The minimum absolute atomic E-state index is 0.132. The first-order valence-corrected chi connectivity index (χ1v) is 5.25. The lowest BCUT2D eigenvalue weighted by Gasteiger charge is -2.25. The van der Waals surface area contributed by atoms with Crippen molar-refractivity contribution < 1.29 is 0 Å². The fourth-order valence-electron chi connectivity index (χ4n) is 1.54. The third-order valence-electron chi connectivity index (χ3n) is 2.05. The van der Waals surface area contributed by atoms with Gasteiger partial charge in [0, 0.05) is 10.4 Å². The quantitative estimate of drug-likeness (QED) is 0.759. The van der Waals surface area contributed by atoms with Crippen molar-refractivity contribution in [1.29, 1.82) is 0 Å². The summed E-state index contributed by atoms with van der Waals surface area (Å²) >= 11 is 1.83. The van der Waals surface area contributed by atoms with Crippen LogP contribution in [0.2, 0.25) is 0 Å². The highest BCUT2D eigenvalue weighted by molar-refractivity contribution is 7.10. The zero-order valence-electron chi connectivity index (χ0n) is 8.27. The molecule has 68 valence electrons. The minimum atomic E-state index is 0.132. The Bertz CT molecular complexity index is 250. The van der Waals surface area contributed by atoms with Crippen LogP contribution in [0, 0.1) is 6.92 Å². The Balaban J connectivity index is 2.88. The van der Waals surface area contributed by atoms with Crippen LogP contribution in [-0.4, -0.2) is 6.54 Å². The van der Waals surface area contributed by atoms with E-state index in [-0.39, 0.29) is 5.54 Å². The summed E-state index contributed by atoms with van der Waals surface area (Å²) in [5, 5.41) is 5.63. The molecule has 0 spiro atoms. The second-order valence-corrected chi connectivity index (χ2v) is 4.50. The molecule has 1 N–H and O–H groups in total. The molecule has 0 saturated heterocycles. The van der Waals surface area contributed by atoms with E-state index in [0.29, 0.717) is 0 Å². The molecule has 0 unspecified atom stereocenters. The van der Waals surface area contributed by atoms with Gasteiger partial charge < -0.3 is 5.32 Å². The Hall–Kier alpha value is -0.340. The summed E-state index contributed by atoms with van der Waals surface area (Å²) < 4.78 is 0. The summed E-state index contributed by atoms with van der Waals surface area (Å²) in [6.07, 6.45) is 0. The average Bonchev–Trinajstić information content (AvgIpc) is 2.35. The molecule has 2 heteroatoms. The number of hydrogen-bond donors (Lipinski definition) is 1. The van der Waals surface area contributed by atoms with E-state index in [0.717, 1.165) is 6.54 Å². The lowest BCUT2D eigenvalue weighted by Crippen LogP contribution is -2.35. The smallest absolute Gasteiger partial charge is 0.0474 e. The second kappa shape index (κ2) is 3.58. The molecule has 0 aromatic carbocycles. The summed E-state index contributed by atoms with van der Waals surface area (Å²) in [6, 6.07) is 2.18. The maximum absolute atomic E-state index is 3.48. The minimum Gasteiger partial charge on any atom is -0.307 e. The Morgan fingerprint density at radius 2 is 2.17 bits per heavy atom. The normalized spacial score (nSPS) is 12.0. The van der Waals surface area contributed by atoms with Gasteiger partial charge in [-0.1, -0.05) is 6.92 Å². The number of aryl methyl sites for hydroxylation is 1. The highest BCUT2D eigenvalue weighted by Gasteiger charge is 2.21. The van der Waals surface area contributed by atoms with Crippen LogP contribution < -0.4 is 5.32 Å². The first-order chi connectivity index (χ1) is 5.58. The van der Waals surface area contributed by atoms with E-state index < -0.39 is 0 Å². The highest BCUT2D eigenvalue weighted by atomic mass is 32.1. The van der Waals surface area contributed by atoms with E-state index in [4.69, 9.17) is 0 Å². The van der Waals surface area contributed by atoms with Gasteiger partial charge in [0.05, 0.1) is 0 Å². The molecule has 1 rings (SSSR count). The molecule has 0 saturated carbocycles. The maximum Gasteiger partial charge on any atom is 0.0474 e. The van der Waals surface area contributed by atoms with Gasteiger partial charge in [-0.3, -0.25) is 0 Å². The van der Waals surface area contributed by atoms with E-state index in [9.17, 15) is 0 Å². The van der Waals surface area contributed by atoms with E-state index in [1.807, 2.05) is 11.3 Å². The molecule has 0 aliphatic heterocycles. The summed E-state index contributed by atoms with van der Waals surface area (Å²) in [4.78, 5) is 1.45. The van der Waals surface area contributed by atoms with Gasteiger partial charge in [-0.2, -0.15) is 0 Å². The average molecular weight is 183 g/mol. The molecular weight excluding hydrogens is 166 g/mol. The van der Waals surface area contributed by atoms with Crippen LogP contribution in [0.25, 0.3) is 0 Å². The van der Waals surface area contributed by atoms with Crippen LogP contribution in [0.15, 0.2) is 11.4 Å². The lowest BCUT2D eigenvalue weighted by atomic mass is 10.0. The van der Waals surface area contributed by atoms with Crippen molar-refractivity contribution in [2.24, 2.45) is 0 Å². The van der Waals surface area contributed by atoms with Crippen LogP contribution in [-0.2, 0) is 5.54 Å². The Kier molecular flexibility index (Phi) is 2.91. The molecule has 0 amide bonds. The predicted octanol–water partition coefficient (Wildman–Crippen LogP) is 2.90. The van der Waals surface area contributed by atoms with Crippen molar-refractivity contribution in [3.63, 3.8) is 0 Å². The standard InChI is InChI=1S/C10H17NS/c1-5-11-10(3,4)9-8(2)6-7-12-9/h6-7,11H,5H2,1-4H3. The summed E-state index contributed by atoms with van der Waals surface area (Å²) in [6.45, 7) is 9.80. The third-order valence-corrected chi connectivity index (χ3v) is 3.39. The van der Waals surface area contributed by atoms with Crippen molar-refractivity contribution in [2.45, 2.75) is 33.2 Å². The SMILES string of the molecule is CCNC(C)(C)c1sccc1C. The zero-order valence-corrected chi connectivity index (χ0v) is 9.09. The molecule has 1 heterocycles. The van der Waals surface area contributed by atoms with Gasteiger partial charge in [0.15, 0.2) is 0 Å². The van der Waals surface area contributed by atoms with E-state index in [1.54, 1.807) is 0 Å². The fraction of sp³-hybridized carbons (Fsp3) is 0.600. The van der Waals surface area contributed by atoms with Gasteiger partial charge in [0.25, 0.3) is 0 Å². The van der Waals surface area contributed by atoms with E-state index >= 15 is 0 Å². The molecule has 0 aliphatic rings. The molecule has 0 fully saturated rings. The fourth-order valence-corrected chi connectivity index (χ4v) is 2.56. The molecule has 12 heavy (non-hydrogen) atoms. The molecule has 1 aromatic rings.